The van der Waals surface area contributed by atoms with E-state index in [1.807, 2.05) is 12.3 Å². The molecule has 1 amide bonds. The number of amides is 1. The van der Waals surface area contributed by atoms with Crippen LogP contribution in [-0.2, 0) is 6.54 Å². The van der Waals surface area contributed by atoms with Crippen LogP contribution in [0, 0.1) is 5.92 Å². The fourth-order valence-electron chi connectivity index (χ4n) is 3.49. The van der Waals surface area contributed by atoms with Gasteiger partial charge in [-0.15, -0.1) is 0 Å². The molecule has 0 bridgehead atoms. The number of hydrogen-bond donors (Lipinski definition) is 0. The summed E-state index contributed by atoms with van der Waals surface area (Å²) in [5, 5.41) is 0. The normalized spacial score (nSPS) is 19.7. The highest BCUT2D eigenvalue weighted by atomic mass is 79.9. The van der Waals surface area contributed by atoms with Crippen molar-refractivity contribution in [1.82, 2.24) is 9.47 Å². The Morgan fingerprint density at radius 1 is 1.29 bits per heavy atom. The maximum Gasteiger partial charge on any atom is 0.270 e. The van der Waals surface area contributed by atoms with Gasteiger partial charge in [0.15, 0.2) is 0 Å². The molecule has 0 radical (unpaired) electrons. The number of aryl methyl sites for hydroxylation is 1. The van der Waals surface area contributed by atoms with Crippen LogP contribution in [0.3, 0.4) is 0 Å². The summed E-state index contributed by atoms with van der Waals surface area (Å²) in [6.45, 7) is 3.90. The van der Waals surface area contributed by atoms with E-state index in [1.54, 1.807) is 0 Å². The standard InChI is InChI=1S/C17H25BrN2O/c1-2-19-12-14(18)10-16(19)17(21)20(15-8-9-15)11-13-6-4-3-5-7-13/h10,12-13,15H,2-9,11H2,1H3. The first-order chi connectivity index (χ1) is 10.2. The van der Waals surface area contributed by atoms with Crippen LogP contribution in [0.15, 0.2) is 16.7 Å². The van der Waals surface area contributed by atoms with Crippen molar-refractivity contribution in [1.29, 1.82) is 0 Å². The molecule has 2 aliphatic carbocycles. The molecule has 116 valence electrons. The highest BCUT2D eigenvalue weighted by molar-refractivity contribution is 9.10. The molecule has 2 aliphatic rings. The van der Waals surface area contributed by atoms with Crippen molar-refractivity contribution in [2.24, 2.45) is 5.92 Å². The zero-order valence-corrected chi connectivity index (χ0v) is 14.4. The Morgan fingerprint density at radius 2 is 2.00 bits per heavy atom. The van der Waals surface area contributed by atoms with Crippen LogP contribution >= 0.6 is 15.9 Å². The number of aromatic nitrogens is 1. The van der Waals surface area contributed by atoms with Gasteiger partial charge in [-0.3, -0.25) is 4.79 Å². The van der Waals surface area contributed by atoms with Crippen LogP contribution in [-0.4, -0.2) is 28.0 Å². The van der Waals surface area contributed by atoms with E-state index in [2.05, 4.69) is 32.3 Å². The van der Waals surface area contributed by atoms with Crippen LogP contribution < -0.4 is 0 Å². The predicted octanol–water partition coefficient (Wildman–Crippen LogP) is 4.46. The molecule has 0 spiro atoms. The van der Waals surface area contributed by atoms with E-state index in [-0.39, 0.29) is 5.91 Å². The van der Waals surface area contributed by atoms with E-state index < -0.39 is 0 Å². The summed E-state index contributed by atoms with van der Waals surface area (Å²) in [6.07, 6.45) is 11.0. The van der Waals surface area contributed by atoms with E-state index in [1.165, 1.54) is 44.9 Å². The summed E-state index contributed by atoms with van der Waals surface area (Å²) in [6, 6.07) is 2.47. The fraction of sp³-hybridized carbons (Fsp3) is 0.706. The third-order valence-electron chi connectivity index (χ3n) is 4.85. The lowest BCUT2D eigenvalue weighted by Crippen LogP contribution is -2.38. The Hall–Kier alpha value is -0.770. The minimum Gasteiger partial charge on any atom is -0.343 e. The van der Waals surface area contributed by atoms with Gasteiger partial charge in [0.25, 0.3) is 5.91 Å². The molecule has 0 atom stereocenters. The number of rotatable bonds is 5. The Kier molecular flexibility index (Phi) is 4.72. The molecule has 0 aliphatic heterocycles. The second kappa shape index (κ2) is 6.55. The van der Waals surface area contributed by atoms with Crippen molar-refractivity contribution in [2.45, 2.75) is 64.5 Å². The van der Waals surface area contributed by atoms with E-state index in [4.69, 9.17) is 0 Å². The van der Waals surface area contributed by atoms with Gasteiger partial charge in [0, 0.05) is 29.8 Å². The summed E-state index contributed by atoms with van der Waals surface area (Å²) >= 11 is 3.50. The van der Waals surface area contributed by atoms with Crippen molar-refractivity contribution in [3.8, 4) is 0 Å². The van der Waals surface area contributed by atoms with Crippen molar-refractivity contribution in [3.05, 3.63) is 22.4 Å². The highest BCUT2D eigenvalue weighted by Crippen LogP contribution is 2.33. The molecule has 0 saturated heterocycles. The largest absolute Gasteiger partial charge is 0.343 e. The Morgan fingerprint density at radius 3 is 2.62 bits per heavy atom. The molecule has 3 nitrogen and oxygen atoms in total. The molecule has 1 aromatic rings. The third-order valence-corrected chi connectivity index (χ3v) is 5.28. The SMILES string of the molecule is CCn1cc(Br)cc1C(=O)N(CC1CCCCC1)C1CC1. The fourth-order valence-corrected chi connectivity index (χ4v) is 3.96. The molecule has 21 heavy (non-hydrogen) atoms. The van der Waals surface area contributed by atoms with E-state index >= 15 is 0 Å². The number of carbonyl (C=O) groups excluding carboxylic acids is 1. The van der Waals surface area contributed by atoms with Gasteiger partial charge in [0.1, 0.15) is 5.69 Å². The number of hydrogen-bond acceptors (Lipinski definition) is 1. The lowest BCUT2D eigenvalue weighted by molar-refractivity contribution is 0.0688. The molecule has 0 aromatic carbocycles. The van der Waals surface area contributed by atoms with Crippen LogP contribution in [0.4, 0.5) is 0 Å². The van der Waals surface area contributed by atoms with Crippen LogP contribution in [0.1, 0.15) is 62.4 Å². The number of carbonyl (C=O) groups is 1. The zero-order chi connectivity index (χ0) is 14.8. The van der Waals surface area contributed by atoms with Crippen LogP contribution in [0.25, 0.3) is 0 Å². The minimum atomic E-state index is 0.232. The first-order valence-electron chi connectivity index (χ1n) is 8.35. The Balaban J connectivity index is 1.74. The van der Waals surface area contributed by atoms with Crippen molar-refractivity contribution in [2.75, 3.05) is 6.54 Å². The maximum absolute atomic E-state index is 13.0. The highest BCUT2D eigenvalue weighted by Gasteiger charge is 2.35. The first-order valence-corrected chi connectivity index (χ1v) is 9.15. The molecule has 0 N–H and O–H groups in total. The predicted molar refractivity (Wildman–Crippen MR) is 88.4 cm³/mol. The van der Waals surface area contributed by atoms with Gasteiger partial charge in [-0.25, -0.2) is 0 Å². The van der Waals surface area contributed by atoms with Gasteiger partial charge in [-0.2, -0.15) is 0 Å². The first kappa shape index (κ1) is 15.1. The quantitative estimate of drug-likeness (QED) is 0.767. The summed E-state index contributed by atoms with van der Waals surface area (Å²) in [5.74, 6) is 0.951. The van der Waals surface area contributed by atoms with Gasteiger partial charge < -0.3 is 9.47 Å². The van der Waals surface area contributed by atoms with Crippen molar-refractivity contribution >= 4 is 21.8 Å². The summed E-state index contributed by atoms with van der Waals surface area (Å²) < 4.78 is 3.06. The number of halogens is 1. The summed E-state index contributed by atoms with van der Waals surface area (Å²) in [4.78, 5) is 15.1. The molecular weight excluding hydrogens is 328 g/mol. The Labute approximate surface area is 135 Å². The summed E-state index contributed by atoms with van der Waals surface area (Å²) in [5.41, 5.74) is 0.840. The van der Waals surface area contributed by atoms with Crippen molar-refractivity contribution < 1.29 is 4.79 Å². The average molecular weight is 353 g/mol. The second-order valence-electron chi connectivity index (χ2n) is 6.52. The Bertz CT molecular complexity index is 501. The minimum absolute atomic E-state index is 0.232. The molecule has 2 fully saturated rings. The average Bonchev–Trinajstić information content (AvgIpc) is 3.27. The maximum atomic E-state index is 13.0. The second-order valence-corrected chi connectivity index (χ2v) is 7.44. The van der Waals surface area contributed by atoms with Gasteiger partial charge in [0.2, 0.25) is 0 Å². The molecule has 2 saturated carbocycles. The van der Waals surface area contributed by atoms with E-state index in [0.29, 0.717) is 6.04 Å². The lowest BCUT2D eigenvalue weighted by atomic mass is 9.89. The van der Waals surface area contributed by atoms with Crippen LogP contribution in [0.2, 0.25) is 0 Å². The molecule has 3 rings (SSSR count). The number of nitrogens with zero attached hydrogens (tertiary/aromatic N) is 2. The van der Waals surface area contributed by atoms with E-state index in [0.717, 1.165) is 29.2 Å². The van der Waals surface area contributed by atoms with Gasteiger partial charge in [0.05, 0.1) is 0 Å². The summed E-state index contributed by atoms with van der Waals surface area (Å²) in [7, 11) is 0. The van der Waals surface area contributed by atoms with Gasteiger partial charge in [-0.05, 0) is 60.5 Å². The molecule has 4 heteroatoms. The van der Waals surface area contributed by atoms with Crippen LogP contribution in [0.5, 0.6) is 0 Å². The van der Waals surface area contributed by atoms with Gasteiger partial charge in [-0.1, -0.05) is 19.3 Å². The molecule has 1 heterocycles. The molecule has 0 unspecified atom stereocenters. The zero-order valence-electron chi connectivity index (χ0n) is 12.9. The third kappa shape index (κ3) is 3.53. The lowest BCUT2D eigenvalue weighted by Gasteiger charge is -2.30. The topological polar surface area (TPSA) is 25.2 Å². The molecular formula is C17H25BrN2O. The monoisotopic (exact) mass is 352 g/mol. The van der Waals surface area contributed by atoms with Crippen molar-refractivity contribution in [3.63, 3.8) is 0 Å². The van der Waals surface area contributed by atoms with E-state index in [9.17, 15) is 4.79 Å². The van der Waals surface area contributed by atoms with Gasteiger partial charge >= 0.3 is 0 Å². The molecule has 1 aromatic heterocycles. The smallest absolute Gasteiger partial charge is 0.270 e.